The summed E-state index contributed by atoms with van der Waals surface area (Å²) >= 11 is 2.11. The van der Waals surface area contributed by atoms with Crippen molar-refractivity contribution in [3.05, 3.63) is 69.9 Å². The Morgan fingerprint density at radius 3 is 2.52 bits per heavy atom. The third kappa shape index (κ3) is 4.58. The molecule has 1 heterocycles. The smallest absolute Gasteiger partial charge is 0.286 e. The number of anilines is 1. The van der Waals surface area contributed by atoms with Gasteiger partial charge in [0.25, 0.3) is 5.91 Å². The van der Waals surface area contributed by atoms with E-state index in [2.05, 4.69) is 15.5 Å². The van der Waals surface area contributed by atoms with Crippen molar-refractivity contribution < 1.29 is 18.0 Å². The van der Waals surface area contributed by atoms with Crippen LogP contribution in [-0.4, -0.2) is 16.1 Å². The summed E-state index contributed by atoms with van der Waals surface area (Å²) in [6, 6.07) is 8.51. The standard InChI is InChI=1S/C16H10F3N3OS2/c17-9-1-4-11(5-2-9)20-15(23)16-22-21-14(25-16)8-24-13-7-10(18)3-6-12(13)19/h1-7H,8H2,(H,20,23). The van der Waals surface area contributed by atoms with E-state index in [0.717, 1.165) is 41.3 Å². The second kappa shape index (κ2) is 7.66. The molecular weight excluding hydrogens is 371 g/mol. The minimum atomic E-state index is -0.527. The lowest BCUT2D eigenvalue weighted by Crippen LogP contribution is -2.11. The van der Waals surface area contributed by atoms with Gasteiger partial charge in [-0.3, -0.25) is 4.79 Å². The summed E-state index contributed by atoms with van der Waals surface area (Å²) in [5, 5.41) is 10.9. The second-order valence-electron chi connectivity index (χ2n) is 4.83. The van der Waals surface area contributed by atoms with Crippen molar-refractivity contribution in [3.63, 3.8) is 0 Å². The Morgan fingerprint density at radius 1 is 1.04 bits per heavy atom. The number of nitrogens with one attached hydrogen (secondary N) is 1. The Hall–Kier alpha value is -2.39. The van der Waals surface area contributed by atoms with E-state index in [1.807, 2.05) is 0 Å². The topological polar surface area (TPSA) is 54.9 Å². The van der Waals surface area contributed by atoms with E-state index in [4.69, 9.17) is 0 Å². The fourth-order valence-corrected chi connectivity index (χ4v) is 3.53. The molecule has 0 aliphatic carbocycles. The van der Waals surface area contributed by atoms with Crippen LogP contribution in [0.15, 0.2) is 47.4 Å². The maximum absolute atomic E-state index is 13.6. The molecule has 0 fully saturated rings. The van der Waals surface area contributed by atoms with Gasteiger partial charge in [0.1, 0.15) is 22.5 Å². The zero-order valence-corrected chi connectivity index (χ0v) is 14.1. The van der Waals surface area contributed by atoms with Gasteiger partial charge in [0.05, 0.1) is 5.75 Å². The molecule has 0 atom stereocenters. The maximum atomic E-state index is 13.6. The summed E-state index contributed by atoms with van der Waals surface area (Å²) < 4.78 is 39.5. The Bertz CT molecular complexity index is 900. The lowest BCUT2D eigenvalue weighted by molar-refractivity contribution is 0.102. The molecule has 0 saturated carbocycles. The Morgan fingerprint density at radius 2 is 1.76 bits per heavy atom. The molecule has 4 nitrogen and oxygen atoms in total. The van der Waals surface area contributed by atoms with E-state index in [-0.39, 0.29) is 15.7 Å². The van der Waals surface area contributed by atoms with E-state index in [9.17, 15) is 18.0 Å². The number of carbonyl (C=O) groups is 1. The van der Waals surface area contributed by atoms with Crippen LogP contribution >= 0.6 is 23.1 Å². The van der Waals surface area contributed by atoms with Crippen LogP contribution in [0.4, 0.5) is 18.9 Å². The van der Waals surface area contributed by atoms with Gasteiger partial charge in [-0.2, -0.15) is 0 Å². The van der Waals surface area contributed by atoms with E-state index in [0.29, 0.717) is 10.7 Å². The maximum Gasteiger partial charge on any atom is 0.286 e. The van der Waals surface area contributed by atoms with Crippen LogP contribution in [0.3, 0.4) is 0 Å². The number of halogens is 3. The highest BCUT2D eigenvalue weighted by atomic mass is 32.2. The molecular formula is C16H10F3N3OS2. The first-order valence-corrected chi connectivity index (χ1v) is 8.78. The van der Waals surface area contributed by atoms with Crippen molar-refractivity contribution in [1.29, 1.82) is 0 Å². The summed E-state index contributed by atoms with van der Waals surface area (Å²) in [6.45, 7) is 0. The quantitative estimate of drug-likeness (QED) is 0.661. The summed E-state index contributed by atoms with van der Waals surface area (Å²) in [7, 11) is 0. The van der Waals surface area contributed by atoms with Crippen LogP contribution in [0.1, 0.15) is 14.8 Å². The average molecular weight is 381 g/mol. The molecule has 0 bridgehead atoms. The van der Waals surface area contributed by atoms with Crippen LogP contribution in [0.25, 0.3) is 0 Å². The zero-order chi connectivity index (χ0) is 17.8. The molecule has 0 aliphatic heterocycles. The normalized spacial score (nSPS) is 10.7. The molecule has 2 aromatic carbocycles. The zero-order valence-electron chi connectivity index (χ0n) is 12.5. The Balaban J connectivity index is 1.62. The highest BCUT2D eigenvalue weighted by Gasteiger charge is 2.14. The average Bonchev–Trinajstić information content (AvgIpc) is 3.07. The highest BCUT2D eigenvalue weighted by Crippen LogP contribution is 2.27. The molecule has 0 aliphatic rings. The number of hydrogen-bond acceptors (Lipinski definition) is 5. The number of nitrogens with zero attached hydrogens (tertiary/aromatic N) is 2. The molecule has 0 unspecified atom stereocenters. The van der Waals surface area contributed by atoms with E-state index in [1.165, 1.54) is 24.3 Å². The van der Waals surface area contributed by atoms with Crippen LogP contribution < -0.4 is 5.32 Å². The SMILES string of the molecule is O=C(Nc1ccc(F)cc1)c1nnc(CSc2cc(F)ccc2F)s1. The predicted molar refractivity (Wildman–Crippen MR) is 90.2 cm³/mol. The van der Waals surface area contributed by atoms with E-state index in [1.54, 1.807) is 0 Å². The molecule has 1 N–H and O–H groups in total. The molecule has 25 heavy (non-hydrogen) atoms. The molecule has 0 spiro atoms. The lowest BCUT2D eigenvalue weighted by Gasteiger charge is -2.02. The highest BCUT2D eigenvalue weighted by molar-refractivity contribution is 7.98. The molecule has 3 rings (SSSR count). The second-order valence-corrected chi connectivity index (χ2v) is 6.90. The van der Waals surface area contributed by atoms with Crippen molar-refractivity contribution in [2.24, 2.45) is 0 Å². The van der Waals surface area contributed by atoms with Gasteiger partial charge in [-0.1, -0.05) is 11.3 Å². The lowest BCUT2D eigenvalue weighted by atomic mass is 10.3. The van der Waals surface area contributed by atoms with Crippen molar-refractivity contribution in [2.75, 3.05) is 5.32 Å². The molecule has 1 amide bonds. The van der Waals surface area contributed by atoms with Gasteiger partial charge in [-0.05, 0) is 42.5 Å². The van der Waals surface area contributed by atoms with Crippen LogP contribution in [0, 0.1) is 17.5 Å². The monoisotopic (exact) mass is 381 g/mol. The minimum absolute atomic E-state index is 0.125. The van der Waals surface area contributed by atoms with Gasteiger partial charge < -0.3 is 5.32 Å². The van der Waals surface area contributed by atoms with Gasteiger partial charge in [0.15, 0.2) is 0 Å². The summed E-state index contributed by atoms with van der Waals surface area (Å²) in [6.07, 6.45) is 0. The number of thioether (sulfide) groups is 1. The molecule has 1 aromatic heterocycles. The van der Waals surface area contributed by atoms with Crippen LogP contribution in [-0.2, 0) is 5.75 Å². The number of rotatable bonds is 5. The summed E-state index contributed by atoms with van der Waals surface area (Å²) in [5.41, 5.74) is 0.430. The van der Waals surface area contributed by atoms with Gasteiger partial charge in [0.2, 0.25) is 5.01 Å². The van der Waals surface area contributed by atoms with Crippen LogP contribution in [0.2, 0.25) is 0 Å². The third-order valence-corrected chi connectivity index (χ3v) is 5.15. The molecule has 128 valence electrons. The third-order valence-electron chi connectivity index (χ3n) is 3.01. The number of benzene rings is 2. The first kappa shape index (κ1) is 17.4. The van der Waals surface area contributed by atoms with Crippen molar-refractivity contribution in [3.8, 4) is 0 Å². The van der Waals surface area contributed by atoms with Gasteiger partial charge in [0, 0.05) is 10.6 Å². The number of carbonyl (C=O) groups excluding carboxylic acids is 1. The van der Waals surface area contributed by atoms with E-state index < -0.39 is 23.4 Å². The molecule has 9 heteroatoms. The number of amides is 1. The van der Waals surface area contributed by atoms with E-state index >= 15 is 0 Å². The fraction of sp³-hybridized carbons (Fsp3) is 0.0625. The number of aromatic nitrogens is 2. The van der Waals surface area contributed by atoms with Crippen molar-refractivity contribution in [2.45, 2.75) is 10.6 Å². The van der Waals surface area contributed by atoms with Gasteiger partial charge >= 0.3 is 0 Å². The molecule has 0 saturated heterocycles. The summed E-state index contributed by atoms with van der Waals surface area (Å²) in [4.78, 5) is 12.2. The largest absolute Gasteiger partial charge is 0.320 e. The number of hydrogen-bond donors (Lipinski definition) is 1. The Labute approximate surface area is 149 Å². The van der Waals surface area contributed by atoms with Crippen molar-refractivity contribution >= 4 is 34.7 Å². The summed E-state index contributed by atoms with van der Waals surface area (Å²) in [5.74, 6) is -1.68. The minimum Gasteiger partial charge on any atom is -0.320 e. The Kier molecular flexibility index (Phi) is 5.34. The van der Waals surface area contributed by atoms with Gasteiger partial charge in [-0.25, -0.2) is 13.2 Å². The fourth-order valence-electron chi connectivity index (χ4n) is 1.85. The first-order chi connectivity index (χ1) is 12.0. The molecule has 3 aromatic rings. The van der Waals surface area contributed by atoms with Gasteiger partial charge in [-0.15, -0.1) is 22.0 Å². The van der Waals surface area contributed by atoms with Crippen LogP contribution in [0.5, 0.6) is 0 Å². The molecule has 0 radical (unpaired) electrons. The van der Waals surface area contributed by atoms with Crippen molar-refractivity contribution in [1.82, 2.24) is 10.2 Å². The first-order valence-electron chi connectivity index (χ1n) is 6.98. The predicted octanol–water partition coefficient (Wildman–Crippen LogP) is 4.50.